The van der Waals surface area contributed by atoms with Crippen LogP contribution in [0.1, 0.15) is 24.1 Å². The van der Waals surface area contributed by atoms with Gasteiger partial charge < -0.3 is 4.90 Å². The first-order valence-electron chi connectivity index (χ1n) is 9.53. The van der Waals surface area contributed by atoms with Gasteiger partial charge in [0.1, 0.15) is 0 Å². The molecule has 0 bridgehead atoms. The summed E-state index contributed by atoms with van der Waals surface area (Å²) in [4.78, 5) is 8.97. The predicted octanol–water partition coefficient (Wildman–Crippen LogP) is 3.07. The highest BCUT2D eigenvalue weighted by atomic mass is 15.4. The topological polar surface area (TPSA) is 50.1 Å². The van der Waals surface area contributed by atoms with Gasteiger partial charge in [-0.15, -0.1) is 5.10 Å². The van der Waals surface area contributed by atoms with E-state index in [1.165, 1.54) is 11.3 Å². The minimum Gasteiger partial charge on any atom is -0.371 e. The van der Waals surface area contributed by atoms with Crippen LogP contribution >= 0.6 is 0 Å². The lowest BCUT2D eigenvalue weighted by atomic mass is 10.0. The largest absolute Gasteiger partial charge is 0.371 e. The molecule has 1 fully saturated rings. The van der Waals surface area contributed by atoms with Crippen LogP contribution in [-0.4, -0.2) is 51.1 Å². The molecule has 0 unspecified atom stereocenters. The highest BCUT2D eigenvalue weighted by Crippen LogP contribution is 2.22. The maximum atomic E-state index is 4.38. The van der Waals surface area contributed by atoms with E-state index in [0.717, 1.165) is 43.9 Å². The Morgan fingerprint density at radius 2 is 1.81 bits per heavy atom. The number of anilines is 1. The van der Waals surface area contributed by atoms with E-state index in [4.69, 9.17) is 0 Å². The molecule has 0 radical (unpaired) electrons. The van der Waals surface area contributed by atoms with Crippen LogP contribution in [0.3, 0.4) is 0 Å². The zero-order valence-electron chi connectivity index (χ0n) is 16.0. The SMILES string of the molecule is Cc1ccccc1-n1cc(CN(C)C2CCN(c3ccncc3)CC2)nn1. The van der Waals surface area contributed by atoms with Crippen molar-refractivity contribution in [3.05, 3.63) is 66.2 Å². The molecule has 6 nitrogen and oxygen atoms in total. The molecule has 27 heavy (non-hydrogen) atoms. The van der Waals surface area contributed by atoms with Gasteiger partial charge in [-0.1, -0.05) is 23.4 Å². The molecule has 0 amide bonds. The average molecular weight is 362 g/mol. The quantitative estimate of drug-likeness (QED) is 0.698. The molecule has 0 N–H and O–H groups in total. The lowest BCUT2D eigenvalue weighted by Crippen LogP contribution is -2.43. The maximum absolute atomic E-state index is 4.38. The van der Waals surface area contributed by atoms with E-state index in [9.17, 15) is 0 Å². The fourth-order valence-electron chi connectivity index (χ4n) is 3.81. The van der Waals surface area contributed by atoms with Gasteiger partial charge in [0.2, 0.25) is 0 Å². The normalized spacial score (nSPS) is 15.4. The van der Waals surface area contributed by atoms with Crippen LogP contribution < -0.4 is 4.90 Å². The smallest absolute Gasteiger partial charge is 0.0971 e. The summed E-state index contributed by atoms with van der Waals surface area (Å²) in [5.41, 5.74) is 4.57. The number of benzene rings is 1. The third kappa shape index (κ3) is 4.01. The molecule has 1 aliphatic heterocycles. The van der Waals surface area contributed by atoms with Crippen LogP contribution in [0, 0.1) is 6.92 Å². The van der Waals surface area contributed by atoms with Gasteiger partial charge in [0.25, 0.3) is 0 Å². The minimum atomic E-state index is 0.576. The Morgan fingerprint density at radius 1 is 1.07 bits per heavy atom. The van der Waals surface area contributed by atoms with Gasteiger partial charge in [0.05, 0.1) is 17.6 Å². The third-order valence-corrected chi connectivity index (χ3v) is 5.43. The van der Waals surface area contributed by atoms with Crippen LogP contribution in [0.4, 0.5) is 5.69 Å². The summed E-state index contributed by atoms with van der Waals surface area (Å²) < 4.78 is 1.88. The summed E-state index contributed by atoms with van der Waals surface area (Å²) in [6.45, 7) is 5.08. The Balaban J connectivity index is 1.35. The molecule has 1 aromatic carbocycles. The summed E-state index contributed by atoms with van der Waals surface area (Å²) in [5, 5.41) is 8.71. The summed E-state index contributed by atoms with van der Waals surface area (Å²) in [5.74, 6) is 0. The van der Waals surface area contributed by atoms with Gasteiger partial charge in [-0.3, -0.25) is 9.88 Å². The number of hydrogen-bond acceptors (Lipinski definition) is 5. The number of pyridine rings is 1. The van der Waals surface area contributed by atoms with Gasteiger partial charge in [-0.2, -0.15) is 0 Å². The molecular weight excluding hydrogens is 336 g/mol. The molecule has 2 aromatic heterocycles. The van der Waals surface area contributed by atoms with Crippen LogP contribution in [0.15, 0.2) is 55.0 Å². The molecule has 3 aromatic rings. The van der Waals surface area contributed by atoms with Crippen molar-refractivity contribution in [2.24, 2.45) is 0 Å². The van der Waals surface area contributed by atoms with Gasteiger partial charge in [0, 0.05) is 43.8 Å². The van der Waals surface area contributed by atoms with E-state index in [2.05, 4.69) is 63.3 Å². The van der Waals surface area contributed by atoms with Crippen molar-refractivity contribution in [2.45, 2.75) is 32.4 Å². The molecule has 0 aliphatic carbocycles. The van der Waals surface area contributed by atoms with Crippen LogP contribution in [0.2, 0.25) is 0 Å². The van der Waals surface area contributed by atoms with Crippen molar-refractivity contribution in [3.8, 4) is 5.69 Å². The highest BCUT2D eigenvalue weighted by molar-refractivity contribution is 5.45. The molecule has 6 heteroatoms. The molecular formula is C21H26N6. The first-order valence-corrected chi connectivity index (χ1v) is 9.53. The van der Waals surface area contributed by atoms with Crippen molar-refractivity contribution in [1.82, 2.24) is 24.9 Å². The van der Waals surface area contributed by atoms with Gasteiger partial charge >= 0.3 is 0 Å². The monoisotopic (exact) mass is 362 g/mol. The van der Waals surface area contributed by atoms with Gasteiger partial charge in [-0.05, 0) is 50.6 Å². The maximum Gasteiger partial charge on any atom is 0.0971 e. The second-order valence-electron chi connectivity index (χ2n) is 7.28. The Labute approximate surface area is 160 Å². The van der Waals surface area contributed by atoms with Crippen LogP contribution in [0.5, 0.6) is 0 Å². The zero-order chi connectivity index (χ0) is 18.6. The van der Waals surface area contributed by atoms with E-state index in [1.54, 1.807) is 0 Å². The summed E-state index contributed by atoms with van der Waals surface area (Å²) in [6.07, 6.45) is 8.09. The van der Waals surface area contributed by atoms with E-state index >= 15 is 0 Å². The first-order chi connectivity index (χ1) is 13.2. The molecule has 0 atom stereocenters. The Kier molecular flexibility index (Phi) is 5.16. The minimum absolute atomic E-state index is 0.576. The molecule has 0 spiro atoms. The van der Waals surface area contributed by atoms with E-state index < -0.39 is 0 Å². The fourth-order valence-corrected chi connectivity index (χ4v) is 3.81. The Morgan fingerprint density at radius 3 is 2.56 bits per heavy atom. The second kappa shape index (κ2) is 7.88. The highest BCUT2D eigenvalue weighted by Gasteiger charge is 2.23. The molecule has 1 saturated heterocycles. The van der Waals surface area contributed by atoms with Crippen molar-refractivity contribution in [3.63, 3.8) is 0 Å². The number of hydrogen-bond donors (Lipinski definition) is 0. The number of para-hydroxylation sites is 1. The standard InChI is InChI=1S/C21H26N6/c1-17-5-3-4-6-21(17)27-16-18(23-24-27)15-25(2)19-9-13-26(14-10-19)20-7-11-22-12-8-20/h3-8,11-12,16,19H,9-10,13-15H2,1-2H3. The molecule has 140 valence electrons. The Hall–Kier alpha value is -2.73. The van der Waals surface area contributed by atoms with Crippen LogP contribution in [0.25, 0.3) is 5.69 Å². The molecule has 0 saturated carbocycles. The number of nitrogens with zero attached hydrogens (tertiary/aromatic N) is 6. The number of aromatic nitrogens is 4. The lowest BCUT2D eigenvalue weighted by Gasteiger charge is -2.37. The van der Waals surface area contributed by atoms with Crippen molar-refractivity contribution in [1.29, 1.82) is 0 Å². The van der Waals surface area contributed by atoms with Gasteiger partial charge in [-0.25, -0.2) is 4.68 Å². The second-order valence-corrected chi connectivity index (χ2v) is 7.28. The summed E-state index contributed by atoms with van der Waals surface area (Å²) >= 11 is 0. The molecule has 4 rings (SSSR count). The molecule has 1 aliphatic rings. The predicted molar refractivity (Wildman–Crippen MR) is 107 cm³/mol. The average Bonchev–Trinajstić information content (AvgIpc) is 3.17. The zero-order valence-corrected chi connectivity index (χ0v) is 16.0. The summed E-state index contributed by atoms with van der Waals surface area (Å²) in [7, 11) is 2.19. The number of piperidine rings is 1. The summed E-state index contributed by atoms with van der Waals surface area (Å²) in [6, 6.07) is 13.0. The van der Waals surface area contributed by atoms with Gasteiger partial charge in [0.15, 0.2) is 0 Å². The lowest BCUT2D eigenvalue weighted by molar-refractivity contribution is 0.198. The van der Waals surface area contributed by atoms with Crippen LogP contribution in [-0.2, 0) is 6.54 Å². The number of aryl methyl sites for hydroxylation is 1. The number of rotatable bonds is 5. The first kappa shape index (κ1) is 17.7. The fraction of sp³-hybridized carbons (Fsp3) is 0.381. The molecule has 3 heterocycles. The van der Waals surface area contributed by atoms with Crippen molar-refractivity contribution < 1.29 is 0 Å². The van der Waals surface area contributed by atoms with Crippen molar-refractivity contribution in [2.75, 3.05) is 25.0 Å². The third-order valence-electron chi connectivity index (χ3n) is 5.43. The van der Waals surface area contributed by atoms with Crippen molar-refractivity contribution >= 4 is 5.69 Å². The van der Waals surface area contributed by atoms with E-state index in [-0.39, 0.29) is 0 Å². The van der Waals surface area contributed by atoms with E-state index in [1.807, 2.05) is 35.4 Å². The Bertz CT molecular complexity index is 867. The van der Waals surface area contributed by atoms with E-state index in [0.29, 0.717) is 6.04 Å².